The molecule has 0 fully saturated rings. The molecule has 1 N–H and O–H groups in total. The number of anilines is 1. The van der Waals surface area contributed by atoms with E-state index in [9.17, 15) is 13.8 Å². The quantitative estimate of drug-likeness (QED) is 0.689. The lowest BCUT2D eigenvalue weighted by atomic mass is 10.1. The summed E-state index contributed by atoms with van der Waals surface area (Å²) in [7, 11) is -1.41. The number of rotatable bonds is 5. The third-order valence-electron chi connectivity index (χ3n) is 5.07. The van der Waals surface area contributed by atoms with Gasteiger partial charge < -0.3 is 10.2 Å². The summed E-state index contributed by atoms with van der Waals surface area (Å²) in [5.41, 5.74) is 4.10. The van der Waals surface area contributed by atoms with Crippen LogP contribution in [0, 0.1) is 6.92 Å². The van der Waals surface area contributed by atoms with E-state index in [1.165, 1.54) is 0 Å². The summed E-state index contributed by atoms with van der Waals surface area (Å²) in [6.45, 7) is 2.79. The van der Waals surface area contributed by atoms with Crippen molar-refractivity contribution in [3.63, 3.8) is 0 Å². The predicted octanol–water partition coefficient (Wildman–Crippen LogP) is 3.58. The molecule has 30 heavy (non-hydrogen) atoms. The van der Waals surface area contributed by atoms with Crippen molar-refractivity contribution in [2.75, 3.05) is 10.7 Å². The zero-order valence-corrected chi connectivity index (χ0v) is 17.4. The van der Waals surface area contributed by atoms with E-state index >= 15 is 0 Å². The topological polar surface area (TPSA) is 66.5 Å². The van der Waals surface area contributed by atoms with Gasteiger partial charge in [-0.05, 0) is 36.2 Å². The van der Waals surface area contributed by atoms with Crippen LogP contribution in [0.25, 0.3) is 0 Å². The second-order valence-electron chi connectivity index (χ2n) is 7.31. The summed E-state index contributed by atoms with van der Waals surface area (Å²) in [5.74, 6) is -0.484. The largest absolute Gasteiger partial charge is 0.348 e. The molecule has 0 aliphatic carbocycles. The summed E-state index contributed by atoms with van der Waals surface area (Å²) in [4.78, 5) is 27.5. The molecule has 1 aliphatic heterocycles. The minimum Gasteiger partial charge on any atom is -0.348 e. The lowest BCUT2D eigenvalue weighted by molar-refractivity contribution is -0.116. The minimum atomic E-state index is -1.41. The molecule has 0 aromatic heterocycles. The Morgan fingerprint density at radius 2 is 1.73 bits per heavy atom. The molecule has 3 aromatic rings. The van der Waals surface area contributed by atoms with Crippen LogP contribution in [0.15, 0.2) is 77.7 Å². The minimum absolute atomic E-state index is 0.0432. The highest BCUT2D eigenvalue weighted by Gasteiger charge is 2.30. The molecular weight excluding hydrogens is 396 g/mol. The third-order valence-corrected chi connectivity index (χ3v) is 6.41. The smallest absolute Gasteiger partial charge is 0.251 e. The van der Waals surface area contributed by atoms with Crippen LogP contribution in [0.4, 0.5) is 5.69 Å². The lowest BCUT2D eigenvalue weighted by Crippen LogP contribution is -2.38. The van der Waals surface area contributed by atoms with E-state index in [4.69, 9.17) is 0 Å². The average Bonchev–Trinajstić information content (AvgIpc) is 2.76. The Hall–Kier alpha value is -3.25. The van der Waals surface area contributed by atoms with E-state index in [0.29, 0.717) is 29.2 Å². The Balaban J connectivity index is 1.59. The zero-order chi connectivity index (χ0) is 21.1. The van der Waals surface area contributed by atoms with Gasteiger partial charge in [-0.2, -0.15) is 0 Å². The fourth-order valence-electron chi connectivity index (χ4n) is 3.39. The van der Waals surface area contributed by atoms with Crippen LogP contribution in [0.2, 0.25) is 0 Å². The Morgan fingerprint density at radius 3 is 2.47 bits per heavy atom. The summed E-state index contributed by atoms with van der Waals surface area (Å²) in [5, 5.41) is 2.90. The molecule has 1 unspecified atom stereocenters. The first-order valence-corrected chi connectivity index (χ1v) is 11.0. The van der Waals surface area contributed by atoms with Crippen molar-refractivity contribution in [3.05, 3.63) is 95.1 Å². The fraction of sp³-hybridized carbons (Fsp3) is 0.167. The molecular formula is C24H22N2O3S. The molecule has 1 aliphatic rings. The van der Waals surface area contributed by atoms with Crippen molar-refractivity contribution in [3.8, 4) is 0 Å². The zero-order valence-electron chi connectivity index (χ0n) is 16.6. The Labute approximate surface area is 178 Å². The first kappa shape index (κ1) is 20.0. The Bertz CT molecular complexity index is 1110. The highest BCUT2D eigenvalue weighted by Crippen LogP contribution is 2.31. The normalized spacial score (nSPS) is 15.6. The van der Waals surface area contributed by atoms with Crippen molar-refractivity contribution < 1.29 is 13.8 Å². The maximum Gasteiger partial charge on any atom is 0.251 e. The van der Waals surface area contributed by atoms with Crippen LogP contribution in [-0.4, -0.2) is 21.8 Å². The van der Waals surface area contributed by atoms with E-state index in [1.807, 2.05) is 61.5 Å². The Kier molecular flexibility index (Phi) is 5.77. The van der Waals surface area contributed by atoms with Gasteiger partial charge in [-0.1, -0.05) is 60.2 Å². The van der Waals surface area contributed by atoms with Gasteiger partial charge in [0.2, 0.25) is 5.91 Å². The van der Waals surface area contributed by atoms with Crippen LogP contribution in [0.1, 0.15) is 27.0 Å². The predicted molar refractivity (Wildman–Crippen MR) is 118 cm³/mol. The number of carbonyl (C=O) groups excluding carboxylic acids is 2. The van der Waals surface area contributed by atoms with Crippen LogP contribution in [0.3, 0.4) is 0 Å². The molecule has 0 saturated carbocycles. The van der Waals surface area contributed by atoms with Crippen molar-refractivity contribution >= 4 is 28.3 Å². The fourth-order valence-corrected chi connectivity index (χ4v) is 4.55. The van der Waals surface area contributed by atoms with Crippen LogP contribution in [0.5, 0.6) is 0 Å². The second-order valence-corrected chi connectivity index (χ2v) is 8.73. The summed E-state index contributed by atoms with van der Waals surface area (Å²) >= 11 is 0. The van der Waals surface area contributed by atoms with Gasteiger partial charge in [-0.25, -0.2) is 0 Å². The molecule has 6 heteroatoms. The molecule has 0 spiro atoms. The van der Waals surface area contributed by atoms with Gasteiger partial charge in [0.15, 0.2) is 0 Å². The molecule has 5 nitrogen and oxygen atoms in total. The first-order valence-electron chi connectivity index (χ1n) is 9.72. The van der Waals surface area contributed by atoms with Gasteiger partial charge in [0.1, 0.15) is 5.75 Å². The van der Waals surface area contributed by atoms with Crippen LogP contribution >= 0.6 is 0 Å². The maximum absolute atomic E-state index is 12.7. The number of aryl methyl sites for hydroxylation is 1. The number of nitrogens with one attached hydrogen (secondary N) is 1. The summed E-state index contributed by atoms with van der Waals surface area (Å²) < 4.78 is 12.5. The molecule has 1 atom stereocenters. The standard InChI is InChI=1S/C24H22N2O3S/c1-17-7-9-19(10-8-17)15-26-21-13-20(11-12-22(21)30(29)16-23(26)27)24(28)25-14-18-5-3-2-4-6-18/h2-13H,14-16H2,1H3,(H,25,28). The van der Waals surface area contributed by atoms with Gasteiger partial charge in [-0.15, -0.1) is 0 Å². The molecule has 3 aromatic carbocycles. The number of carbonyl (C=O) groups is 2. The SMILES string of the molecule is Cc1ccc(CN2C(=O)CS(=O)c3ccc(C(=O)NCc4ccccc4)cc32)cc1. The van der Waals surface area contributed by atoms with Crippen molar-refractivity contribution in [2.45, 2.75) is 24.9 Å². The van der Waals surface area contributed by atoms with E-state index in [0.717, 1.165) is 16.7 Å². The number of nitrogens with zero attached hydrogens (tertiary/aromatic N) is 1. The van der Waals surface area contributed by atoms with Crippen LogP contribution < -0.4 is 10.2 Å². The molecule has 0 bridgehead atoms. The Morgan fingerprint density at radius 1 is 1.00 bits per heavy atom. The molecule has 2 amide bonds. The number of amides is 2. The first-order chi connectivity index (χ1) is 14.5. The number of fused-ring (bicyclic) bond motifs is 1. The number of hydrogen-bond donors (Lipinski definition) is 1. The van der Waals surface area contributed by atoms with Gasteiger partial charge in [0, 0.05) is 12.1 Å². The van der Waals surface area contributed by atoms with Crippen molar-refractivity contribution in [1.29, 1.82) is 0 Å². The number of benzene rings is 3. The average molecular weight is 419 g/mol. The molecule has 1 heterocycles. The van der Waals surface area contributed by atoms with Gasteiger partial charge >= 0.3 is 0 Å². The highest BCUT2D eigenvalue weighted by atomic mass is 32.2. The van der Waals surface area contributed by atoms with E-state index < -0.39 is 10.8 Å². The van der Waals surface area contributed by atoms with Gasteiger partial charge in [0.05, 0.1) is 27.9 Å². The van der Waals surface area contributed by atoms with E-state index in [1.54, 1.807) is 23.1 Å². The highest BCUT2D eigenvalue weighted by molar-refractivity contribution is 7.86. The molecule has 0 saturated heterocycles. The second kappa shape index (κ2) is 8.63. The maximum atomic E-state index is 12.7. The van der Waals surface area contributed by atoms with Crippen molar-refractivity contribution in [1.82, 2.24) is 5.32 Å². The number of hydrogen-bond acceptors (Lipinski definition) is 3. The molecule has 152 valence electrons. The van der Waals surface area contributed by atoms with Crippen molar-refractivity contribution in [2.24, 2.45) is 0 Å². The van der Waals surface area contributed by atoms with E-state index in [2.05, 4.69) is 5.32 Å². The summed E-state index contributed by atoms with van der Waals surface area (Å²) in [6, 6.07) is 22.6. The van der Waals surface area contributed by atoms with Crippen LogP contribution in [-0.2, 0) is 28.7 Å². The van der Waals surface area contributed by atoms with Gasteiger partial charge in [0.25, 0.3) is 5.91 Å². The molecule has 0 radical (unpaired) electrons. The van der Waals surface area contributed by atoms with Gasteiger partial charge in [-0.3, -0.25) is 13.8 Å². The van der Waals surface area contributed by atoms with E-state index in [-0.39, 0.29) is 17.6 Å². The third kappa shape index (κ3) is 4.33. The lowest BCUT2D eigenvalue weighted by Gasteiger charge is -2.29. The summed E-state index contributed by atoms with van der Waals surface area (Å²) in [6.07, 6.45) is 0. The molecule has 4 rings (SSSR count). The monoisotopic (exact) mass is 418 g/mol.